The zero-order valence-corrected chi connectivity index (χ0v) is 20.6. The number of nitrogens with zero attached hydrogens (tertiary/aromatic N) is 1. The lowest BCUT2D eigenvalue weighted by Crippen LogP contribution is -2.23. The van der Waals surface area contributed by atoms with Crippen LogP contribution in [0, 0.1) is 0 Å². The van der Waals surface area contributed by atoms with Gasteiger partial charge in [0.05, 0.1) is 21.7 Å². The first-order valence-electron chi connectivity index (χ1n) is 11.4. The Kier molecular flexibility index (Phi) is 7.08. The van der Waals surface area contributed by atoms with Gasteiger partial charge in [0.1, 0.15) is 0 Å². The predicted octanol–water partition coefficient (Wildman–Crippen LogP) is 7.01. The molecule has 4 aromatic rings. The quantitative estimate of drug-likeness (QED) is 0.294. The Bertz CT molecular complexity index is 1300. The van der Waals surface area contributed by atoms with Gasteiger partial charge in [0.15, 0.2) is 6.61 Å². The van der Waals surface area contributed by atoms with Crippen LogP contribution in [0.4, 0.5) is 5.69 Å². The maximum Gasteiger partial charge on any atom is 0.339 e. The van der Waals surface area contributed by atoms with Gasteiger partial charge in [0.25, 0.3) is 5.91 Å². The second kappa shape index (κ2) is 10.2. The molecule has 5 nitrogen and oxygen atoms in total. The largest absolute Gasteiger partial charge is 0.452 e. The Labute approximate surface area is 203 Å². The minimum Gasteiger partial charge on any atom is -0.452 e. The molecule has 0 fully saturated rings. The van der Waals surface area contributed by atoms with E-state index in [-0.39, 0.29) is 24.3 Å². The summed E-state index contributed by atoms with van der Waals surface area (Å²) in [5.41, 5.74) is 4.74. The van der Waals surface area contributed by atoms with Crippen molar-refractivity contribution in [2.45, 2.75) is 39.5 Å². The third-order valence-electron chi connectivity index (χ3n) is 5.68. The van der Waals surface area contributed by atoms with Gasteiger partial charge in [-0.25, -0.2) is 9.78 Å². The second-order valence-corrected chi connectivity index (χ2v) is 9.74. The number of esters is 1. The molecule has 6 heteroatoms. The van der Waals surface area contributed by atoms with E-state index in [2.05, 4.69) is 38.0 Å². The number of amides is 1. The molecule has 0 unspecified atom stereocenters. The van der Waals surface area contributed by atoms with Gasteiger partial charge < -0.3 is 10.1 Å². The molecule has 1 amide bonds. The number of carbonyl (C=O) groups is 2. The number of ether oxygens (including phenoxy) is 1. The number of rotatable bonds is 7. The summed E-state index contributed by atoms with van der Waals surface area (Å²) in [6, 6.07) is 19.1. The maximum absolute atomic E-state index is 13.1. The molecule has 4 rings (SSSR count). The first-order valence-corrected chi connectivity index (χ1v) is 12.3. The molecular formula is C28H28N2O3S. The fraction of sp³-hybridized carbons (Fsp3) is 0.250. The number of para-hydroxylation sites is 2. The van der Waals surface area contributed by atoms with Gasteiger partial charge in [-0.2, -0.15) is 0 Å². The van der Waals surface area contributed by atoms with E-state index in [1.165, 1.54) is 0 Å². The Hall–Kier alpha value is -3.51. The highest BCUT2D eigenvalue weighted by Crippen LogP contribution is 2.32. The summed E-state index contributed by atoms with van der Waals surface area (Å²) in [5, 5.41) is 5.65. The molecule has 0 spiro atoms. The molecule has 34 heavy (non-hydrogen) atoms. The minimum absolute atomic E-state index is 0.246. The highest BCUT2D eigenvalue weighted by molar-refractivity contribution is 7.13. The van der Waals surface area contributed by atoms with Gasteiger partial charge in [-0.3, -0.25) is 4.79 Å². The van der Waals surface area contributed by atoms with E-state index in [1.807, 2.05) is 60.0 Å². The smallest absolute Gasteiger partial charge is 0.339 e. The average Bonchev–Trinajstić information content (AvgIpc) is 3.36. The number of thiophene rings is 1. The van der Waals surface area contributed by atoms with Crippen LogP contribution in [0.1, 0.15) is 61.0 Å². The molecule has 174 valence electrons. The molecule has 0 saturated heterocycles. The predicted molar refractivity (Wildman–Crippen MR) is 139 cm³/mol. The molecule has 1 N–H and O–H groups in total. The van der Waals surface area contributed by atoms with Gasteiger partial charge in [-0.05, 0) is 46.5 Å². The van der Waals surface area contributed by atoms with Gasteiger partial charge in [-0.1, -0.05) is 70.2 Å². The molecular weight excluding hydrogens is 444 g/mol. The van der Waals surface area contributed by atoms with Crippen molar-refractivity contribution in [1.29, 1.82) is 0 Å². The van der Waals surface area contributed by atoms with Crippen molar-refractivity contribution in [3.05, 3.63) is 82.7 Å². The Morgan fingerprint density at radius 3 is 2.29 bits per heavy atom. The van der Waals surface area contributed by atoms with Crippen LogP contribution >= 0.6 is 11.3 Å². The van der Waals surface area contributed by atoms with E-state index < -0.39 is 5.97 Å². The normalized spacial score (nSPS) is 11.2. The number of hydrogen-bond donors (Lipinski definition) is 1. The summed E-state index contributed by atoms with van der Waals surface area (Å²) in [7, 11) is 0. The van der Waals surface area contributed by atoms with Crippen LogP contribution in [-0.4, -0.2) is 23.5 Å². The van der Waals surface area contributed by atoms with Gasteiger partial charge in [0, 0.05) is 11.1 Å². The molecule has 0 radical (unpaired) electrons. The fourth-order valence-corrected chi connectivity index (χ4v) is 4.66. The van der Waals surface area contributed by atoms with Crippen molar-refractivity contribution >= 4 is 39.8 Å². The summed E-state index contributed by atoms with van der Waals surface area (Å²) in [5.74, 6) is -0.418. The monoisotopic (exact) mass is 472 g/mol. The lowest BCUT2D eigenvalue weighted by Gasteiger charge is -2.20. The molecule has 0 aliphatic rings. The first kappa shape index (κ1) is 23.6. The minimum atomic E-state index is -0.548. The number of aromatic nitrogens is 1. The number of anilines is 1. The number of nitrogens with one attached hydrogen (secondary N) is 1. The van der Waals surface area contributed by atoms with Gasteiger partial charge >= 0.3 is 5.97 Å². The van der Waals surface area contributed by atoms with Crippen LogP contribution in [0.25, 0.3) is 21.5 Å². The van der Waals surface area contributed by atoms with Crippen molar-refractivity contribution in [3.8, 4) is 10.6 Å². The van der Waals surface area contributed by atoms with Crippen molar-refractivity contribution in [3.63, 3.8) is 0 Å². The van der Waals surface area contributed by atoms with Crippen LogP contribution in [0.5, 0.6) is 0 Å². The molecule has 2 aromatic carbocycles. The van der Waals surface area contributed by atoms with Gasteiger partial charge in [-0.15, -0.1) is 11.3 Å². The topological polar surface area (TPSA) is 68.3 Å². The maximum atomic E-state index is 13.1. The number of hydrogen-bond acceptors (Lipinski definition) is 5. The number of pyridine rings is 1. The van der Waals surface area contributed by atoms with E-state index in [1.54, 1.807) is 17.4 Å². The van der Waals surface area contributed by atoms with E-state index in [4.69, 9.17) is 4.74 Å². The van der Waals surface area contributed by atoms with Crippen molar-refractivity contribution in [2.75, 3.05) is 11.9 Å². The van der Waals surface area contributed by atoms with Gasteiger partial charge in [0.2, 0.25) is 0 Å². The average molecular weight is 473 g/mol. The zero-order valence-electron chi connectivity index (χ0n) is 19.8. The van der Waals surface area contributed by atoms with Crippen LogP contribution in [0.2, 0.25) is 0 Å². The Balaban J connectivity index is 1.56. The zero-order chi connectivity index (χ0) is 24.2. The number of fused-ring (bicyclic) bond motifs is 1. The number of benzene rings is 2. The highest BCUT2D eigenvalue weighted by atomic mass is 32.1. The Morgan fingerprint density at radius 2 is 1.65 bits per heavy atom. The SMILES string of the molecule is CC(C)c1cccc(C(C)C)c1NC(=O)COC(=O)c1cc(-c2cccs2)nc2ccccc12. The van der Waals surface area contributed by atoms with Crippen LogP contribution < -0.4 is 5.32 Å². The van der Waals surface area contributed by atoms with Crippen molar-refractivity contribution in [1.82, 2.24) is 4.98 Å². The molecule has 0 atom stereocenters. The first-order chi connectivity index (χ1) is 16.3. The third-order valence-corrected chi connectivity index (χ3v) is 6.57. The summed E-state index contributed by atoms with van der Waals surface area (Å²) in [4.78, 5) is 31.5. The van der Waals surface area contributed by atoms with Crippen molar-refractivity contribution in [2.24, 2.45) is 0 Å². The lowest BCUT2D eigenvalue weighted by atomic mass is 9.92. The second-order valence-electron chi connectivity index (χ2n) is 8.79. The summed E-state index contributed by atoms with van der Waals surface area (Å²) in [6.07, 6.45) is 0. The Morgan fingerprint density at radius 1 is 0.941 bits per heavy atom. The summed E-state index contributed by atoms with van der Waals surface area (Å²) < 4.78 is 5.47. The number of carbonyl (C=O) groups excluding carboxylic acids is 2. The molecule has 0 aliphatic carbocycles. The van der Waals surface area contributed by atoms with E-state index in [9.17, 15) is 9.59 Å². The fourth-order valence-electron chi connectivity index (χ4n) is 3.97. The molecule has 0 aliphatic heterocycles. The molecule has 2 heterocycles. The standard InChI is InChI=1S/C28H28N2O3S/c1-17(2)19-10-7-11-20(18(3)4)27(19)30-26(31)16-33-28(32)22-15-24(25-13-8-14-34-25)29-23-12-6-5-9-21(22)23/h5-15,17-18H,16H2,1-4H3,(H,30,31). The molecule has 0 bridgehead atoms. The lowest BCUT2D eigenvalue weighted by molar-refractivity contribution is -0.119. The molecule has 0 saturated carbocycles. The van der Waals surface area contributed by atoms with E-state index >= 15 is 0 Å². The summed E-state index contributed by atoms with van der Waals surface area (Å²) >= 11 is 1.55. The van der Waals surface area contributed by atoms with Crippen molar-refractivity contribution < 1.29 is 14.3 Å². The van der Waals surface area contributed by atoms with E-state index in [0.29, 0.717) is 22.2 Å². The van der Waals surface area contributed by atoms with Crippen LogP contribution in [0.3, 0.4) is 0 Å². The van der Waals surface area contributed by atoms with Crippen LogP contribution in [-0.2, 0) is 9.53 Å². The third kappa shape index (κ3) is 5.02. The summed E-state index contributed by atoms with van der Waals surface area (Å²) in [6.45, 7) is 8.00. The van der Waals surface area contributed by atoms with Crippen LogP contribution in [0.15, 0.2) is 66.0 Å². The van der Waals surface area contributed by atoms with E-state index in [0.717, 1.165) is 21.7 Å². The molecule has 2 aromatic heterocycles. The highest BCUT2D eigenvalue weighted by Gasteiger charge is 2.19.